The van der Waals surface area contributed by atoms with Gasteiger partial charge in [-0.25, -0.2) is 0 Å². The van der Waals surface area contributed by atoms with Crippen LogP contribution >= 0.6 is 0 Å². The van der Waals surface area contributed by atoms with Gasteiger partial charge < -0.3 is 38.0 Å². The van der Waals surface area contributed by atoms with Crippen LogP contribution in [0, 0.1) is 11.8 Å². The van der Waals surface area contributed by atoms with Gasteiger partial charge in [-0.2, -0.15) is 0 Å². The Labute approximate surface area is 271 Å². The molecule has 0 aromatic heterocycles. The van der Waals surface area contributed by atoms with E-state index in [2.05, 4.69) is 81.6 Å². The highest BCUT2D eigenvalue weighted by atomic mass is 28.4. The van der Waals surface area contributed by atoms with Crippen LogP contribution in [0.4, 0.5) is 0 Å². The van der Waals surface area contributed by atoms with Gasteiger partial charge in [0.25, 0.3) is 0 Å². The lowest BCUT2D eigenvalue weighted by Gasteiger charge is -2.54. The Morgan fingerprint density at radius 2 is 1.27 bits per heavy atom. The SMILES string of the molecule is CCOCO[C@@H]1C([C@]2(O)[C@@H](O)CC[C@H](O[Si](C)(C)C(C)(C)C(C)C)[C@@H]2OCOCC)=CCC[C@@H]1O[Si](C)(C)C(C)(C)C(C)C. The van der Waals surface area contributed by atoms with E-state index in [0.29, 0.717) is 49.9 Å². The van der Waals surface area contributed by atoms with E-state index in [1.54, 1.807) is 0 Å². The summed E-state index contributed by atoms with van der Waals surface area (Å²) >= 11 is 0. The molecule has 0 spiro atoms. The molecule has 10 heteroatoms. The van der Waals surface area contributed by atoms with Crippen LogP contribution in [0.15, 0.2) is 11.6 Å². The number of aliphatic hydroxyl groups is 2. The molecule has 1 fully saturated rings. The summed E-state index contributed by atoms with van der Waals surface area (Å²) in [6.45, 7) is 32.0. The smallest absolute Gasteiger partial charge is 0.193 e. The molecule has 0 amide bonds. The molecule has 0 radical (unpaired) electrons. The maximum absolute atomic E-state index is 12.9. The lowest BCUT2D eigenvalue weighted by atomic mass is 9.69. The van der Waals surface area contributed by atoms with Gasteiger partial charge >= 0.3 is 0 Å². The zero-order chi connectivity index (χ0) is 33.7. The minimum Gasteiger partial charge on any atom is -0.411 e. The molecule has 260 valence electrons. The van der Waals surface area contributed by atoms with Crippen LogP contribution in [0.2, 0.25) is 36.3 Å². The van der Waals surface area contributed by atoms with Crippen molar-refractivity contribution in [3.8, 4) is 0 Å². The normalized spacial score (nSPS) is 29.4. The third kappa shape index (κ3) is 8.46. The zero-order valence-electron chi connectivity index (χ0n) is 30.6. The molecule has 8 nitrogen and oxygen atoms in total. The Bertz CT molecular complexity index is 919. The highest BCUT2D eigenvalue weighted by Crippen LogP contribution is 2.50. The number of allylic oxidation sites excluding steroid dienone is 1. The van der Waals surface area contributed by atoms with Crippen molar-refractivity contribution in [2.24, 2.45) is 11.8 Å². The highest BCUT2D eigenvalue weighted by Gasteiger charge is 2.59. The molecule has 0 saturated heterocycles. The van der Waals surface area contributed by atoms with E-state index in [9.17, 15) is 10.2 Å². The molecule has 6 atom stereocenters. The number of hydrogen-bond donors (Lipinski definition) is 2. The van der Waals surface area contributed by atoms with E-state index in [0.717, 1.165) is 6.42 Å². The van der Waals surface area contributed by atoms with Crippen LogP contribution in [-0.2, 0) is 27.8 Å². The van der Waals surface area contributed by atoms with Gasteiger partial charge in [-0.05, 0) is 93.2 Å². The first-order chi connectivity index (χ1) is 20.2. The molecule has 2 aliphatic rings. The standard InChI is InChI=1S/C34H68O8Si2/c1-15-37-22-39-30-26(18-17-19-27(30)41-43(11,12)32(7,8)24(3)4)34(36)29(35)21-20-28(31(34)40-23-38-16-2)42-44(13,14)33(9,10)25(5)6/h18,24-25,27-31,35-36H,15-17,19-23H2,1-14H3/t27-,28-,29-,30+,31-,34-/m0/s1. The second-order valence-corrected chi connectivity index (χ2v) is 24.7. The van der Waals surface area contributed by atoms with E-state index in [4.69, 9.17) is 27.8 Å². The van der Waals surface area contributed by atoms with Gasteiger partial charge in [0.2, 0.25) is 0 Å². The lowest BCUT2D eigenvalue weighted by Crippen LogP contribution is -2.67. The van der Waals surface area contributed by atoms with Crippen molar-refractivity contribution in [2.75, 3.05) is 26.8 Å². The Balaban J connectivity index is 2.60. The van der Waals surface area contributed by atoms with Crippen LogP contribution in [0.3, 0.4) is 0 Å². The van der Waals surface area contributed by atoms with Crippen LogP contribution in [0.5, 0.6) is 0 Å². The van der Waals surface area contributed by atoms with Gasteiger partial charge in [0.05, 0.1) is 18.3 Å². The molecule has 0 aliphatic heterocycles. The van der Waals surface area contributed by atoms with Crippen LogP contribution in [0.25, 0.3) is 0 Å². The van der Waals surface area contributed by atoms with E-state index in [1.165, 1.54) is 0 Å². The first-order valence-corrected chi connectivity index (χ1v) is 22.9. The largest absolute Gasteiger partial charge is 0.411 e. The average Bonchev–Trinajstić information content (AvgIpc) is 2.92. The summed E-state index contributed by atoms with van der Waals surface area (Å²) in [6, 6.07) is 0. The number of hydrogen-bond acceptors (Lipinski definition) is 8. The third-order valence-electron chi connectivity index (χ3n) is 11.9. The monoisotopic (exact) mass is 660 g/mol. The second-order valence-electron chi connectivity index (χ2n) is 15.6. The Morgan fingerprint density at radius 3 is 1.75 bits per heavy atom. The van der Waals surface area contributed by atoms with Crippen molar-refractivity contribution in [3.63, 3.8) is 0 Å². The molecule has 0 bridgehead atoms. The molecular weight excluding hydrogens is 593 g/mol. The Kier molecular flexibility index (Phi) is 14.4. The van der Waals surface area contributed by atoms with Crippen molar-refractivity contribution in [1.82, 2.24) is 0 Å². The molecule has 0 unspecified atom stereocenters. The fraction of sp³-hybridized carbons (Fsp3) is 0.941. The molecule has 2 N–H and O–H groups in total. The average molecular weight is 661 g/mol. The van der Waals surface area contributed by atoms with Crippen molar-refractivity contribution in [3.05, 3.63) is 11.6 Å². The van der Waals surface area contributed by atoms with Crippen molar-refractivity contribution >= 4 is 16.6 Å². The second kappa shape index (κ2) is 15.8. The summed E-state index contributed by atoms with van der Waals surface area (Å²) in [7, 11) is -4.60. The highest BCUT2D eigenvalue weighted by molar-refractivity contribution is 6.74. The molecule has 0 heterocycles. The molecule has 2 rings (SSSR count). The van der Waals surface area contributed by atoms with E-state index in [-0.39, 0.29) is 29.8 Å². The number of ether oxygens (including phenoxy) is 4. The van der Waals surface area contributed by atoms with E-state index < -0.39 is 46.7 Å². The van der Waals surface area contributed by atoms with Crippen LogP contribution < -0.4 is 0 Å². The summed E-state index contributed by atoms with van der Waals surface area (Å²) in [5, 5.41) is 24.5. The lowest BCUT2D eigenvalue weighted by molar-refractivity contribution is -0.234. The van der Waals surface area contributed by atoms with Gasteiger partial charge in [-0.15, -0.1) is 0 Å². The molecule has 44 heavy (non-hydrogen) atoms. The molecule has 2 aliphatic carbocycles. The van der Waals surface area contributed by atoms with Crippen molar-refractivity contribution in [1.29, 1.82) is 0 Å². The van der Waals surface area contributed by atoms with Gasteiger partial charge in [-0.1, -0.05) is 61.5 Å². The quantitative estimate of drug-likeness (QED) is 0.0721. The predicted octanol–water partition coefficient (Wildman–Crippen LogP) is 7.40. The predicted molar refractivity (Wildman–Crippen MR) is 183 cm³/mol. The maximum atomic E-state index is 12.9. The molecule has 0 aromatic carbocycles. The topological polar surface area (TPSA) is 95.8 Å². The van der Waals surface area contributed by atoms with Gasteiger partial charge in [0.1, 0.15) is 31.4 Å². The fourth-order valence-electron chi connectivity index (χ4n) is 6.32. The Hall–Kier alpha value is -0.146. The van der Waals surface area contributed by atoms with E-state index >= 15 is 0 Å². The first-order valence-electron chi connectivity index (χ1n) is 17.1. The van der Waals surface area contributed by atoms with Gasteiger partial charge in [0, 0.05) is 13.2 Å². The van der Waals surface area contributed by atoms with Crippen LogP contribution in [-0.4, -0.2) is 89.8 Å². The minimum absolute atomic E-state index is 0.00154. The third-order valence-corrected chi connectivity index (χ3v) is 21.0. The summed E-state index contributed by atoms with van der Waals surface area (Å²) in [4.78, 5) is 0. The Morgan fingerprint density at radius 1 is 0.795 bits per heavy atom. The number of aliphatic hydroxyl groups excluding tert-OH is 1. The fourth-order valence-corrected chi connectivity index (χ4v) is 11.7. The summed E-state index contributed by atoms with van der Waals surface area (Å²) in [6.07, 6.45) is 1.17. The van der Waals surface area contributed by atoms with Crippen molar-refractivity contribution < 1.29 is 38.0 Å². The summed E-state index contributed by atoms with van der Waals surface area (Å²) in [5.41, 5.74) is -1.16. The summed E-state index contributed by atoms with van der Waals surface area (Å²) in [5.74, 6) is 0.852. The summed E-state index contributed by atoms with van der Waals surface area (Å²) < 4.78 is 38.3. The number of rotatable bonds is 17. The van der Waals surface area contributed by atoms with Crippen LogP contribution in [0.1, 0.15) is 94.9 Å². The first kappa shape index (κ1) is 40.0. The van der Waals surface area contributed by atoms with Gasteiger partial charge in [0.15, 0.2) is 16.6 Å². The molecule has 1 saturated carbocycles. The van der Waals surface area contributed by atoms with Gasteiger partial charge in [-0.3, -0.25) is 0 Å². The molecule has 0 aromatic rings. The minimum atomic E-state index is -2.33. The zero-order valence-corrected chi connectivity index (χ0v) is 32.6. The molecular formula is C34H68O8Si2. The van der Waals surface area contributed by atoms with Crippen molar-refractivity contribution in [2.45, 2.75) is 167 Å². The maximum Gasteiger partial charge on any atom is 0.193 e. The van der Waals surface area contributed by atoms with E-state index in [1.807, 2.05) is 19.9 Å².